The van der Waals surface area contributed by atoms with Gasteiger partial charge in [-0.3, -0.25) is 0 Å². The smallest absolute Gasteiger partial charge is 0.416 e. The van der Waals surface area contributed by atoms with Crippen LogP contribution in [0.25, 0.3) is 0 Å². The first-order valence-electron chi connectivity index (χ1n) is 7.95. The molecule has 0 radical (unpaired) electrons. The monoisotopic (exact) mass is 368 g/mol. The van der Waals surface area contributed by atoms with Crippen LogP contribution in [0.1, 0.15) is 25.0 Å². The Hall–Kier alpha value is -2.70. The molecule has 4 nitrogen and oxygen atoms in total. The lowest BCUT2D eigenvalue weighted by atomic mass is 9.96. The van der Waals surface area contributed by atoms with Crippen LogP contribution in [-0.4, -0.2) is 23.3 Å². The molecule has 1 atom stereocenters. The number of benzene rings is 2. The van der Waals surface area contributed by atoms with E-state index >= 15 is 0 Å². The molecule has 0 fully saturated rings. The van der Waals surface area contributed by atoms with E-state index in [0.717, 1.165) is 24.3 Å². The first kappa shape index (κ1) is 19.6. The molecule has 0 saturated carbocycles. The van der Waals surface area contributed by atoms with Crippen LogP contribution < -0.4 is 4.74 Å². The van der Waals surface area contributed by atoms with E-state index < -0.39 is 23.3 Å². The molecular weight excluding hydrogens is 349 g/mol. The minimum absolute atomic E-state index is 0.0789. The van der Waals surface area contributed by atoms with Crippen LogP contribution in [0.15, 0.2) is 48.5 Å². The predicted molar refractivity (Wildman–Crippen MR) is 88.9 cm³/mol. The zero-order valence-corrected chi connectivity index (χ0v) is 14.3. The summed E-state index contributed by atoms with van der Waals surface area (Å²) < 4.78 is 48.8. The number of aromatic hydroxyl groups is 1. The van der Waals surface area contributed by atoms with E-state index in [2.05, 4.69) is 0 Å². The Morgan fingerprint density at radius 2 is 1.62 bits per heavy atom. The Morgan fingerprint density at radius 1 is 1.04 bits per heavy atom. The second kappa shape index (κ2) is 7.68. The summed E-state index contributed by atoms with van der Waals surface area (Å²) in [6.45, 7) is 3.30. The standard InChI is InChI=1S/C19H19F3O4/c1-3-25-17(24)18(2,12-13-4-8-15(23)9-5-13)26-16-10-6-14(7-11-16)19(20,21)22/h4-11,23H,3,12H2,1-2H3. The van der Waals surface area contributed by atoms with Crippen molar-refractivity contribution in [2.24, 2.45) is 0 Å². The summed E-state index contributed by atoms with van der Waals surface area (Å²) in [7, 11) is 0. The van der Waals surface area contributed by atoms with Gasteiger partial charge in [0.15, 0.2) is 0 Å². The van der Waals surface area contributed by atoms with Gasteiger partial charge in [-0.25, -0.2) is 4.79 Å². The molecule has 0 aromatic heterocycles. The Labute approximate surface area is 149 Å². The third kappa shape index (κ3) is 4.91. The number of hydrogen-bond donors (Lipinski definition) is 1. The number of phenolic OH excluding ortho intramolecular Hbond substituents is 1. The summed E-state index contributed by atoms with van der Waals surface area (Å²) in [6, 6.07) is 10.3. The second-order valence-corrected chi connectivity index (χ2v) is 5.92. The third-order valence-corrected chi connectivity index (χ3v) is 3.71. The zero-order chi connectivity index (χ0) is 19.4. The van der Waals surface area contributed by atoms with Crippen molar-refractivity contribution in [1.29, 1.82) is 0 Å². The molecule has 2 aromatic rings. The highest BCUT2D eigenvalue weighted by molar-refractivity contribution is 5.80. The molecular formula is C19H19F3O4. The average Bonchev–Trinajstić information content (AvgIpc) is 2.57. The lowest BCUT2D eigenvalue weighted by Gasteiger charge is -2.28. The lowest BCUT2D eigenvalue weighted by molar-refractivity contribution is -0.160. The van der Waals surface area contributed by atoms with Gasteiger partial charge in [-0.2, -0.15) is 13.2 Å². The number of rotatable bonds is 6. The number of hydrogen-bond acceptors (Lipinski definition) is 4. The fourth-order valence-corrected chi connectivity index (χ4v) is 2.41. The van der Waals surface area contributed by atoms with E-state index in [1.54, 1.807) is 19.1 Å². The summed E-state index contributed by atoms with van der Waals surface area (Å²) in [6.07, 6.45) is -4.33. The van der Waals surface area contributed by atoms with Gasteiger partial charge in [0.2, 0.25) is 5.60 Å². The van der Waals surface area contributed by atoms with Gasteiger partial charge < -0.3 is 14.6 Å². The van der Waals surface area contributed by atoms with Crippen molar-refractivity contribution in [1.82, 2.24) is 0 Å². The van der Waals surface area contributed by atoms with Crippen molar-refractivity contribution in [3.8, 4) is 11.5 Å². The van der Waals surface area contributed by atoms with Crippen molar-refractivity contribution in [3.63, 3.8) is 0 Å². The van der Waals surface area contributed by atoms with Gasteiger partial charge in [0.1, 0.15) is 11.5 Å². The predicted octanol–water partition coefficient (Wildman–Crippen LogP) is 4.35. The number of esters is 1. The van der Waals surface area contributed by atoms with Crippen LogP contribution in [0.4, 0.5) is 13.2 Å². The highest BCUT2D eigenvalue weighted by Gasteiger charge is 2.38. The molecule has 140 valence electrons. The molecule has 1 unspecified atom stereocenters. The van der Waals surface area contributed by atoms with E-state index in [4.69, 9.17) is 9.47 Å². The zero-order valence-electron chi connectivity index (χ0n) is 14.3. The van der Waals surface area contributed by atoms with Crippen molar-refractivity contribution in [3.05, 3.63) is 59.7 Å². The molecule has 26 heavy (non-hydrogen) atoms. The number of carbonyl (C=O) groups excluding carboxylic acids is 1. The van der Waals surface area contributed by atoms with E-state index in [1.807, 2.05) is 0 Å². The van der Waals surface area contributed by atoms with Crippen molar-refractivity contribution >= 4 is 5.97 Å². The summed E-state index contributed by atoms with van der Waals surface area (Å²) in [5.41, 5.74) is -1.54. The minimum Gasteiger partial charge on any atom is -0.508 e. The Kier molecular flexibility index (Phi) is 5.79. The van der Waals surface area contributed by atoms with Crippen molar-refractivity contribution < 1.29 is 32.5 Å². The SMILES string of the molecule is CCOC(=O)C(C)(Cc1ccc(O)cc1)Oc1ccc(C(F)(F)F)cc1. The summed E-state index contributed by atoms with van der Waals surface area (Å²) in [4.78, 5) is 12.4. The number of carbonyl (C=O) groups is 1. The summed E-state index contributed by atoms with van der Waals surface area (Å²) in [5.74, 6) is -0.435. The average molecular weight is 368 g/mol. The topological polar surface area (TPSA) is 55.8 Å². The van der Waals surface area contributed by atoms with Crippen LogP contribution >= 0.6 is 0 Å². The number of ether oxygens (including phenoxy) is 2. The molecule has 7 heteroatoms. The molecule has 0 bridgehead atoms. The Morgan fingerprint density at radius 3 is 2.12 bits per heavy atom. The summed E-state index contributed by atoms with van der Waals surface area (Å²) in [5, 5.41) is 9.36. The summed E-state index contributed by atoms with van der Waals surface area (Å²) >= 11 is 0. The largest absolute Gasteiger partial charge is 0.508 e. The fraction of sp³-hybridized carbons (Fsp3) is 0.316. The van der Waals surface area contributed by atoms with Crippen molar-refractivity contribution in [2.45, 2.75) is 32.0 Å². The van der Waals surface area contributed by atoms with Crippen molar-refractivity contribution in [2.75, 3.05) is 6.61 Å². The molecule has 0 heterocycles. The maximum atomic E-state index is 12.7. The van der Waals surface area contributed by atoms with Crippen LogP contribution in [-0.2, 0) is 22.1 Å². The molecule has 0 aliphatic carbocycles. The second-order valence-electron chi connectivity index (χ2n) is 5.92. The number of phenols is 1. The van der Waals surface area contributed by atoms with Crippen LogP contribution in [0.5, 0.6) is 11.5 Å². The van der Waals surface area contributed by atoms with Gasteiger partial charge in [-0.15, -0.1) is 0 Å². The Balaban J connectivity index is 2.26. The normalized spacial score (nSPS) is 13.7. The molecule has 0 amide bonds. The van der Waals surface area contributed by atoms with Crippen LogP contribution in [0.2, 0.25) is 0 Å². The molecule has 0 saturated heterocycles. The first-order valence-corrected chi connectivity index (χ1v) is 7.95. The highest BCUT2D eigenvalue weighted by atomic mass is 19.4. The molecule has 0 spiro atoms. The van der Waals surface area contributed by atoms with Gasteiger partial charge in [0.25, 0.3) is 0 Å². The first-order chi connectivity index (χ1) is 12.1. The Bertz CT molecular complexity index is 739. The van der Waals surface area contributed by atoms with Gasteiger partial charge in [-0.1, -0.05) is 12.1 Å². The molecule has 1 N–H and O–H groups in total. The number of alkyl halides is 3. The third-order valence-electron chi connectivity index (χ3n) is 3.71. The molecule has 0 aliphatic rings. The van der Waals surface area contributed by atoms with Crippen LogP contribution in [0, 0.1) is 0 Å². The highest BCUT2D eigenvalue weighted by Crippen LogP contribution is 2.31. The van der Waals surface area contributed by atoms with E-state index in [1.165, 1.54) is 19.1 Å². The maximum absolute atomic E-state index is 12.7. The van der Waals surface area contributed by atoms with Gasteiger partial charge >= 0.3 is 12.1 Å². The van der Waals surface area contributed by atoms with E-state index in [-0.39, 0.29) is 24.5 Å². The molecule has 2 rings (SSSR count). The van der Waals surface area contributed by atoms with Gasteiger partial charge in [-0.05, 0) is 55.8 Å². The van der Waals surface area contributed by atoms with Gasteiger partial charge in [0.05, 0.1) is 12.2 Å². The fourth-order valence-electron chi connectivity index (χ4n) is 2.41. The van der Waals surface area contributed by atoms with Gasteiger partial charge in [0, 0.05) is 6.42 Å². The maximum Gasteiger partial charge on any atom is 0.416 e. The van der Waals surface area contributed by atoms with E-state index in [0.29, 0.717) is 5.56 Å². The minimum atomic E-state index is -4.45. The van der Waals surface area contributed by atoms with E-state index in [9.17, 15) is 23.1 Å². The quantitative estimate of drug-likeness (QED) is 0.770. The lowest BCUT2D eigenvalue weighted by Crippen LogP contribution is -2.45. The molecule has 2 aromatic carbocycles. The number of halogens is 3. The molecule has 0 aliphatic heterocycles. The van der Waals surface area contributed by atoms with Crippen LogP contribution in [0.3, 0.4) is 0 Å².